The Morgan fingerprint density at radius 3 is 2.84 bits per heavy atom. The quantitative estimate of drug-likeness (QED) is 0.776. The molecule has 1 fully saturated rings. The molecule has 102 valence electrons. The van der Waals surface area contributed by atoms with Gasteiger partial charge < -0.3 is 15.8 Å². The molecule has 0 atom stereocenters. The Morgan fingerprint density at radius 2 is 2.26 bits per heavy atom. The lowest BCUT2D eigenvalue weighted by molar-refractivity contribution is -0.121. The molecule has 4 nitrogen and oxygen atoms in total. The molecule has 2 rings (SSSR count). The monoisotopic (exact) mass is 282 g/mol. The van der Waals surface area contributed by atoms with E-state index in [2.05, 4.69) is 5.32 Å². The molecule has 0 aromatic heterocycles. The number of rotatable bonds is 6. The molecule has 1 amide bonds. The van der Waals surface area contributed by atoms with Crippen LogP contribution in [0.1, 0.15) is 24.8 Å². The number of ether oxygens (including phenoxy) is 1. The van der Waals surface area contributed by atoms with Gasteiger partial charge in [0.15, 0.2) is 11.6 Å². The van der Waals surface area contributed by atoms with Crippen molar-refractivity contribution in [1.29, 1.82) is 0 Å². The van der Waals surface area contributed by atoms with E-state index in [0.29, 0.717) is 11.6 Å². The maximum Gasteiger partial charge on any atom is 0.223 e. The van der Waals surface area contributed by atoms with Crippen molar-refractivity contribution in [3.05, 3.63) is 29.6 Å². The van der Waals surface area contributed by atoms with E-state index in [1.807, 2.05) is 0 Å². The van der Waals surface area contributed by atoms with Crippen LogP contribution < -0.4 is 15.8 Å². The fourth-order valence-electron chi connectivity index (χ4n) is 1.55. The molecule has 1 aromatic rings. The minimum atomic E-state index is -0.534. The predicted molar refractivity (Wildman–Crippen MR) is 73.6 cm³/mol. The van der Waals surface area contributed by atoms with Crippen molar-refractivity contribution in [2.75, 3.05) is 6.61 Å². The van der Waals surface area contributed by atoms with Gasteiger partial charge >= 0.3 is 0 Å². The first-order chi connectivity index (χ1) is 9.06. The number of nitrogens with two attached hydrogens (primary N) is 1. The van der Waals surface area contributed by atoms with Crippen molar-refractivity contribution in [2.24, 2.45) is 5.73 Å². The molecule has 1 aliphatic carbocycles. The zero-order valence-electron chi connectivity index (χ0n) is 10.3. The first kappa shape index (κ1) is 13.7. The van der Waals surface area contributed by atoms with E-state index in [-0.39, 0.29) is 29.7 Å². The van der Waals surface area contributed by atoms with Crippen molar-refractivity contribution >= 4 is 23.1 Å². The summed E-state index contributed by atoms with van der Waals surface area (Å²) in [6, 6.07) is 4.60. The second-order valence-corrected chi connectivity index (χ2v) is 4.89. The smallest absolute Gasteiger partial charge is 0.223 e. The van der Waals surface area contributed by atoms with Gasteiger partial charge in [-0.3, -0.25) is 4.79 Å². The average molecular weight is 282 g/mol. The molecule has 1 aliphatic rings. The molecule has 3 N–H and O–H groups in total. The van der Waals surface area contributed by atoms with Crippen LogP contribution in [0.2, 0.25) is 0 Å². The highest BCUT2D eigenvalue weighted by molar-refractivity contribution is 7.80. The minimum Gasteiger partial charge on any atom is -0.490 e. The first-order valence-corrected chi connectivity index (χ1v) is 6.48. The van der Waals surface area contributed by atoms with Crippen LogP contribution in [0.4, 0.5) is 4.39 Å². The van der Waals surface area contributed by atoms with Crippen LogP contribution in [0, 0.1) is 5.82 Å². The van der Waals surface area contributed by atoms with Gasteiger partial charge in [-0.25, -0.2) is 4.39 Å². The van der Waals surface area contributed by atoms with Gasteiger partial charge in [-0.15, -0.1) is 0 Å². The van der Waals surface area contributed by atoms with Gasteiger partial charge in [-0.1, -0.05) is 12.2 Å². The fourth-order valence-corrected chi connectivity index (χ4v) is 1.68. The number of benzene rings is 1. The number of thiocarbonyl (C=S) groups is 1. The van der Waals surface area contributed by atoms with E-state index in [9.17, 15) is 9.18 Å². The standard InChI is InChI=1S/C13H15FN2O2S/c14-10-7-8(13(15)19)1-4-11(10)18-6-5-12(17)16-9-2-3-9/h1,4,7,9H,2-3,5-6H2,(H2,15,19)(H,16,17). The van der Waals surface area contributed by atoms with E-state index >= 15 is 0 Å². The summed E-state index contributed by atoms with van der Waals surface area (Å²) >= 11 is 4.75. The fraction of sp³-hybridized carbons (Fsp3) is 0.385. The highest BCUT2D eigenvalue weighted by Crippen LogP contribution is 2.20. The lowest BCUT2D eigenvalue weighted by Gasteiger charge is -2.08. The lowest BCUT2D eigenvalue weighted by atomic mass is 10.2. The Kier molecular flexibility index (Phi) is 4.31. The second kappa shape index (κ2) is 5.97. The number of nitrogens with one attached hydrogen (secondary N) is 1. The summed E-state index contributed by atoms with van der Waals surface area (Å²) in [6.45, 7) is 0.141. The van der Waals surface area contributed by atoms with Crippen molar-refractivity contribution in [3.63, 3.8) is 0 Å². The van der Waals surface area contributed by atoms with Crippen LogP contribution >= 0.6 is 12.2 Å². The zero-order chi connectivity index (χ0) is 13.8. The molecule has 0 bridgehead atoms. The Balaban J connectivity index is 1.81. The second-order valence-electron chi connectivity index (χ2n) is 4.45. The molecule has 0 radical (unpaired) electrons. The van der Waals surface area contributed by atoms with Crippen LogP contribution in [0.25, 0.3) is 0 Å². The van der Waals surface area contributed by atoms with Crippen molar-refractivity contribution in [3.8, 4) is 5.75 Å². The summed E-state index contributed by atoms with van der Waals surface area (Å²) < 4.78 is 18.8. The molecule has 6 heteroatoms. The maximum atomic E-state index is 13.6. The molecule has 0 heterocycles. The number of hydrogen-bond acceptors (Lipinski definition) is 3. The number of hydrogen-bond donors (Lipinski definition) is 2. The lowest BCUT2D eigenvalue weighted by Crippen LogP contribution is -2.26. The van der Waals surface area contributed by atoms with Crippen molar-refractivity contribution in [1.82, 2.24) is 5.32 Å². The topological polar surface area (TPSA) is 64.3 Å². The molecule has 0 spiro atoms. The first-order valence-electron chi connectivity index (χ1n) is 6.08. The van der Waals surface area contributed by atoms with Gasteiger partial charge in [-0.2, -0.15) is 0 Å². The number of amides is 1. The Hall–Kier alpha value is -1.69. The van der Waals surface area contributed by atoms with E-state index in [1.165, 1.54) is 12.1 Å². The third kappa shape index (κ3) is 4.17. The van der Waals surface area contributed by atoms with Crippen LogP contribution in [-0.4, -0.2) is 23.5 Å². The Bertz CT molecular complexity index is 503. The minimum absolute atomic E-state index is 0.0670. The van der Waals surface area contributed by atoms with E-state index in [0.717, 1.165) is 12.8 Å². The molecule has 0 saturated heterocycles. The van der Waals surface area contributed by atoms with E-state index in [1.54, 1.807) is 6.07 Å². The molecule has 1 saturated carbocycles. The summed E-state index contributed by atoms with van der Waals surface area (Å²) in [5.74, 6) is -0.505. The van der Waals surface area contributed by atoms with Crippen LogP contribution in [0.5, 0.6) is 5.75 Å². The number of carbonyl (C=O) groups excluding carboxylic acids is 1. The Morgan fingerprint density at radius 1 is 1.53 bits per heavy atom. The largest absolute Gasteiger partial charge is 0.490 e. The highest BCUT2D eigenvalue weighted by Gasteiger charge is 2.22. The van der Waals surface area contributed by atoms with Gasteiger partial charge in [0.25, 0.3) is 0 Å². The molecule has 19 heavy (non-hydrogen) atoms. The third-order valence-electron chi connectivity index (χ3n) is 2.75. The van der Waals surface area contributed by atoms with Gasteiger partial charge in [-0.05, 0) is 31.0 Å². The summed E-state index contributed by atoms with van der Waals surface area (Å²) in [5, 5.41) is 2.83. The van der Waals surface area contributed by atoms with Crippen LogP contribution in [0.3, 0.4) is 0 Å². The predicted octanol–water partition coefficient (Wildman–Crippen LogP) is 1.51. The molecular formula is C13H15FN2O2S. The summed E-state index contributed by atoms with van der Waals surface area (Å²) in [7, 11) is 0. The summed E-state index contributed by atoms with van der Waals surface area (Å²) in [4.78, 5) is 11.5. The number of carbonyl (C=O) groups is 1. The zero-order valence-corrected chi connectivity index (χ0v) is 11.1. The van der Waals surface area contributed by atoms with Crippen molar-refractivity contribution in [2.45, 2.75) is 25.3 Å². The number of halogens is 1. The molecule has 0 unspecified atom stereocenters. The Labute approximate surface area is 116 Å². The highest BCUT2D eigenvalue weighted by atomic mass is 32.1. The summed E-state index contributed by atoms with van der Waals surface area (Å²) in [5.41, 5.74) is 5.85. The maximum absolute atomic E-state index is 13.6. The van der Waals surface area contributed by atoms with E-state index < -0.39 is 5.82 Å². The normalized spacial score (nSPS) is 13.9. The van der Waals surface area contributed by atoms with Crippen LogP contribution in [0.15, 0.2) is 18.2 Å². The van der Waals surface area contributed by atoms with Gasteiger partial charge in [0.05, 0.1) is 13.0 Å². The van der Waals surface area contributed by atoms with E-state index in [4.69, 9.17) is 22.7 Å². The molecule has 0 aliphatic heterocycles. The average Bonchev–Trinajstić information content (AvgIpc) is 3.14. The van der Waals surface area contributed by atoms with Gasteiger partial charge in [0.1, 0.15) is 4.99 Å². The third-order valence-corrected chi connectivity index (χ3v) is 2.98. The SMILES string of the molecule is NC(=S)c1ccc(OCCC(=O)NC2CC2)c(F)c1. The summed E-state index contributed by atoms with van der Waals surface area (Å²) in [6.07, 6.45) is 2.30. The molecular weight excluding hydrogens is 267 g/mol. The molecule has 1 aromatic carbocycles. The van der Waals surface area contributed by atoms with Crippen molar-refractivity contribution < 1.29 is 13.9 Å². The van der Waals surface area contributed by atoms with Crippen LogP contribution in [-0.2, 0) is 4.79 Å². The van der Waals surface area contributed by atoms with Gasteiger partial charge in [0.2, 0.25) is 5.91 Å². The van der Waals surface area contributed by atoms with Gasteiger partial charge in [0, 0.05) is 11.6 Å².